The maximum atomic E-state index is 5.59. The van der Waals surface area contributed by atoms with Gasteiger partial charge in [-0.2, -0.15) is 4.98 Å². The lowest BCUT2D eigenvalue weighted by Crippen LogP contribution is -1.99. The minimum Gasteiger partial charge on any atom is -0.465 e. The number of hydrogen-bond acceptors (Lipinski definition) is 5. The number of ether oxygens (including phenoxy) is 1. The van der Waals surface area contributed by atoms with Crippen molar-refractivity contribution in [2.45, 2.75) is 20.1 Å². The predicted molar refractivity (Wildman–Crippen MR) is 77.0 cm³/mol. The van der Waals surface area contributed by atoms with Gasteiger partial charge >= 0.3 is 6.01 Å². The Balaban J connectivity index is 1.69. The lowest BCUT2D eigenvalue weighted by atomic mass is 10.2. The second-order valence-electron chi connectivity index (χ2n) is 4.59. The van der Waals surface area contributed by atoms with Crippen molar-refractivity contribution in [3.05, 3.63) is 59.8 Å². The Morgan fingerprint density at radius 2 is 2.10 bits per heavy atom. The van der Waals surface area contributed by atoms with E-state index in [1.165, 1.54) is 0 Å². The van der Waals surface area contributed by atoms with E-state index in [0.29, 0.717) is 19.2 Å². The highest BCUT2D eigenvalue weighted by atomic mass is 16.5. The van der Waals surface area contributed by atoms with Crippen LogP contribution in [0.3, 0.4) is 0 Å². The van der Waals surface area contributed by atoms with Crippen molar-refractivity contribution in [3.8, 4) is 11.7 Å². The van der Waals surface area contributed by atoms with Crippen molar-refractivity contribution in [2.24, 2.45) is 5.73 Å². The minimum atomic E-state index is 0.328. The van der Waals surface area contributed by atoms with Crippen molar-refractivity contribution in [3.63, 3.8) is 0 Å². The highest BCUT2D eigenvalue weighted by Crippen LogP contribution is 2.16. The molecule has 6 heteroatoms. The van der Waals surface area contributed by atoms with Crippen LogP contribution in [0.15, 0.2) is 47.1 Å². The summed E-state index contributed by atoms with van der Waals surface area (Å²) >= 11 is 0. The molecule has 6 nitrogen and oxygen atoms in total. The van der Waals surface area contributed by atoms with Crippen molar-refractivity contribution in [2.75, 3.05) is 0 Å². The molecule has 0 bridgehead atoms. The van der Waals surface area contributed by atoms with Gasteiger partial charge in [0.25, 0.3) is 0 Å². The van der Waals surface area contributed by atoms with Gasteiger partial charge in [0.2, 0.25) is 0 Å². The molecule has 0 unspecified atom stereocenters. The molecule has 0 saturated heterocycles. The van der Waals surface area contributed by atoms with Crippen molar-refractivity contribution in [1.82, 2.24) is 14.8 Å². The number of hydrogen-bond donors (Lipinski definition) is 1. The van der Waals surface area contributed by atoms with Crippen LogP contribution in [-0.2, 0) is 13.2 Å². The minimum absolute atomic E-state index is 0.328. The molecular formula is C15H16N4O2. The molecule has 3 aromatic rings. The van der Waals surface area contributed by atoms with Crippen LogP contribution in [0.1, 0.15) is 17.1 Å². The van der Waals surface area contributed by atoms with E-state index < -0.39 is 0 Å². The fourth-order valence-corrected chi connectivity index (χ4v) is 1.99. The molecule has 21 heavy (non-hydrogen) atoms. The first-order valence-corrected chi connectivity index (χ1v) is 6.64. The quantitative estimate of drug-likeness (QED) is 0.777. The SMILES string of the molecule is Cc1oc(CN)cc1COc1ncn(-c2ccccc2)n1. The Kier molecular flexibility index (Phi) is 3.70. The zero-order valence-electron chi connectivity index (χ0n) is 11.7. The number of aryl methyl sites for hydroxylation is 1. The summed E-state index contributed by atoms with van der Waals surface area (Å²) in [6.45, 7) is 2.61. The Labute approximate surface area is 122 Å². The second kappa shape index (κ2) is 5.80. The predicted octanol–water partition coefficient (Wildman–Crippen LogP) is 2.21. The molecule has 0 amide bonds. The van der Waals surface area contributed by atoms with E-state index in [1.807, 2.05) is 43.3 Å². The highest BCUT2D eigenvalue weighted by Gasteiger charge is 2.09. The third-order valence-electron chi connectivity index (χ3n) is 3.12. The number of nitrogens with two attached hydrogens (primary N) is 1. The molecule has 0 fully saturated rings. The number of para-hydroxylation sites is 1. The van der Waals surface area contributed by atoms with Crippen molar-refractivity contribution < 1.29 is 9.15 Å². The third-order valence-corrected chi connectivity index (χ3v) is 3.12. The van der Waals surface area contributed by atoms with Crippen LogP contribution >= 0.6 is 0 Å². The van der Waals surface area contributed by atoms with E-state index in [1.54, 1.807) is 11.0 Å². The summed E-state index contributed by atoms with van der Waals surface area (Å²) in [5, 5.41) is 4.28. The maximum absolute atomic E-state index is 5.59. The van der Waals surface area contributed by atoms with Gasteiger partial charge < -0.3 is 14.9 Å². The van der Waals surface area contributed by atoms with Crippen LogP contribution in [0.25, 0.3) is 5.69 Å². The molecule has 3 rings (SSSR count). The van der Waals surface area contributed by atoms with Crippen LogP contribution in [0.2, 0.25) is 0 Å². The van der Waals surface area contributed by atoms with Crippen LogP contribution in [0.5, 0.6) is 6.01 Å². The van der Waals surface area contributed by atoms with Gasteiger partial charge in [0.15, 0.2) is 0 Å². The number of furan rings is 1. The van der Waals surface area contributed by atoms with Crippen LogP contribution in [-0.4, -0.2) is 14.8 Å². The van der Waals surface area contributed by atoms with E-state index in [9.17, 15) is 0 Å². The zero-order valence-corrected chi connectivity index (χ0v) is 11.7. The van der Waals surface area contributed by atoms with E-state index in [4.69, 9.17) is 14.9 Å². The summed E-state index contributed by atoms with van der Waals surface area (Å²) in [7, 11) is 0. The molecule has 1 aromatic carbocycles. The first kappa shape index (κ1) is 13.4. The van der Waals surface area contributed by atoms with Crippen molar-refractivity contribution >= 4 is 0 Å². The largest absolute Gasteiger partial charge is 0.465 e. The number of nitrogens with zero attached hydrogens (tertiary/aromatic N) is 3. The normalized spacial score (nSPS) is 10.8. The number of aromatic nitrogens is 3. The van der Waals surface area contributed by atoms with Crippen molar-refractivity contribution in [1.29, 1.82) is 0 Å². The van der Waals surface area contributed by atoms with E-state index in [0.717, 1.165) is 22.8 Å². The van der Waals surface area contributed by atoms with Gasteiger partial charge in [0.1, 0.15) is 24.5 Å². The topological polar surface area (TPSA) is 79.1 Å². The summed E-state index contributed by atoms with van der Waals surface area (Å²) in [4.78, 5) is 4.14. The molecule has 0 radical (unpaired) electrons. The summed E-state index contributed by atoms with van der Waals surface area (Å²) in [5.41, 5.74) is 7.43. The summed E-state index contributed by atoms with van der Waals surface area (Å²) in [5.74, 6) is 1.55. The van der Waals surface area contributed by atoms with Gasteiger partial charge in [0.05, 0.1) is 12.2 Å². The average Bonchev–Trinajstić information content (AvgIpc) is 3.12. The van der Waals surface area contributed by atoms with Crippen LogP contribution < -0.4 is 10.5 Å². The first-order chi connectivity index (χ1) is 10.3. The standard InChI is InChI=1S/C15H16N4O2/c1-11-12(7-14(8-16)21-11)9-20-15-17-10-19(18-15)13-5-3-2-4-6-13/h2-7,10H,8-9,16H2,1H3. The third kappa shape index (κ3) is 2.95. The fraction of sp³-hybridized carbons (Fsp3) is 0.200. The number of rotatable bonds is 5. The fourth-order valence-electron chi connectivity index (χ4n) is 1.99. The molecule has 2 heterocycles. The maximum Gasteiger partial charge on any atom is 0.336 e. The lowest BCUT2D eigenvalue weighted by molar-refractivity contribution is 0.278. The molecule has 0 aliphatic rings. The molecule has 2 aromatic heterocycles. The Morgan fingerprint density at radius 1 is 1.29 bits per heavy atom. The summed E-state index contributed by atoms with van der Waals surface area (Å²) in [6.07, 6.45) is 1.62. The lowest BCUT2D eigenvalue weighted by Gasteiger charge is -2.00. The Morgan fingerprint density at radius 3 is 2.81 bits per heavy atom. The van der Waals surface area contributed by atoms with Gasteiger partial charge in [-0.1, -0.05) is 18.2 Å². The molecular weight excluding hydrogens is 268 g/mol. The molecule has 0 aliphatic carbocycles. The van der Waals surface area contributed by atoms with Gasteiger partial charge in [0, 0.05) is 5.56 Å². The van der Waals surface area contributed by atoms with Crippen LogP contribution in [0.4, 0.5) is 0 Å². The van der Waals surface area contributed by atoms with E-state index in [-0.39, 0.29) is 0 Å². The monoisotopic (exact) mass is 284 g/mol. The Hall–Kier alpha value is -2.60. The zero-order chi connectivity index (χ0) is 14.7. The second-order valence-corrected chi connectivity index (χ2v) is 4.59. The van der Waals surface area contributed by atoms with E-state index in [2.05, 4.69) is 10.1 Å². The van der Waals surface area contributed by atoms with Gasteiger partial charge in [-0.3, -0.25) is 0 Å². The molecule has 0 aliphatic heterocycles. The Bertz CT molecular complexity index is 718. The molecule has 0 atom stereocenters. The van der Waals surface area contributed by atoms with E-state index >= 15 is 0 Å². The highest BCUT2D eigenvalue weighted by molar-refractivity contribution is 5.29. The van der Waals surface area contributed by atoms with Gasteiger partial charge in [-0.15, -0.1) is 5.10 Å². The molecule has 2 N–H and O–H groups in total. The summed E-state index contributed by atoms with van der Waals surface area (Å²) in [6, 6.07) is 12.0. The van der Waals surface area contributed by atoms with Gasteiger partial charge in [-0.25, -0.2) is 4.68 Å². The van der Waals surface area contributed by atoms with Gasteiger partial charge in [-0.05, 0) is 25.1 Å². The average molecular weight is 284 g/mol. The molecule has 0 spiro atoms. The van der Waals surface area contributed by atoms with Crippen LogP contribution in [0, 0.1) is 6.92 Å². The first-order valence-electron chi connectivity index (χ1n) is 6.64. The summed E-state index contributed by atoms with van der Waals surface area (Å²) < 4.78 is 12.7. The number of benzene rings is 1. The smallest absolute Gasteiger partial charge is 0.336 e. The molecule has 108 valence electrons. The molecule has 0 saturated carbocycles.